The molecule has 0 amide bonds. The molecule has 0 spiro atoms. The molecule has 0 unspecified atom stereocenters. The first-order valence-electron chi connectivity index (χ1n) is 6.88. The number of nitrogens with zero attached hydrogens (tertiary/aromatic N) is 2. The fourth-order valence-corrected chi connectivity index (χ4v) is 2.59. The van der Waals surface area contributed by atoms with Gasteiger partial charge in [-0.2, -0.15) is 4.98 Å². The first-order chi connectivity index (χ1) is 8.88. The van der Waals surface area contributed by atoms with E-state index in [1.165, 1.54) is 6.92 Å². The number of carbonyl (C=O) groups is 1. The van der Waals surface area contributed by atoms with Gasteiger partial charge in [-0.05, 0) is 38.0 Å². The molecule has 5 heteroatoms. The van der Waals surface area contributed by atoms with E-state index in [1.807, 2.05) is 6.92 Å². The van der Waals surface area contributed by atoms with Crippen LogP contribution in [-0.4, -0.2) is 22.5 Å². The summed E-state index contributed by atoms with van der Waals surface area (Å²) in [6.45, 7) is 8.52. The third-order valence-electron chi connectivity index (χ3n) is 3.97. The van der Waals surface area contributed by atoms with Crippen LogP contribution in [0.2, 0.25) is 0 Å². The molecular weight excluding hydrogens is 244 g/mol. The third-order valence-corrected chi connectivity index (χ3v) is 3.97. The molecule has 0 atom stereocenters. The zero-order chi connectivity index (χ0) is 14.1. The molecule has 1 aliphatic carbocycles. The minimum Gasteiger partial charge on any atom is -0.367 e. The Balaban J connectivity index is 2.26. The van der Waals surface area contributed by atoms with Crippen LogP contribution in [0.3, 0.4) is 0 Å². The van der Waals surface area contributed by atoms with Crippen LogP contribution < -0.4 is 0 Å². The first kappa shape index (κ1) is 14.2. The van der Waals surface area contributed by atoms with Crippen molar-refractivity contribution in [1.29, 1.82) is 0 Å². The summed E-state index contributed by atoms with van der Waals surface area (Å²) in [6, 6.07) is 0. The predicted octanol–water partition coefficient (Wildman–Crippen LogP) is 3.10. The molecule has 0 saturated heterocycles. The smallest absolute Gasteiger partial charge is 0.293 e. The molecule has 106 valence electrons. The Bertz CT molecular complexity index is 455. The lowest BCUT2D eigenvalue weighted by atomic mass is 9.70. The summed E-state index contributed by atoms with van der Waals surface area (Å²) in [6.07, 6.45) is 3.84. The Morgan fingerprint density at radius 2 is 1.95 bits per heavy atom. The second kappa shape index (κ2) is 5.04. The van der Waals surface area contributed by atoms with Gasteiger partial charge in [0.25, 0.3) is 5.89 Å². The number of hydrogen-bond acceptors (Lipinski definition) is 5. The zero-order valence-corrected chi connectivity index (χ0v) is 12.2. The van der Waals surface area contributed by atoms with Crippen LogP contribution in [0.5, 0.6) is 0 Å². The van der Waals surface area contributed by atoms with Crippen LogP contribution in [0.15, 0.2) is 4.52 Å². The van der Waals surface area contributed by atoms with Crippen LogP contribution in [0.25, 0.3) is 0 Å². The summed E-state index contributed by atoms with van der Waals surface area (Å²) in [7, 11) is 0. The molecule has 1 fully saturated rings. The standard InChI is InChI=1S/C14H22N2O3/c1-5-18-14(8-6-13(3,4)7-9-14)12-15-11(10(2)17)19-16-12/h5-9H2,1-4H3. The van der Waals surface area contributed by atoms with Crippen molar-refractivity contribution in [2.75, 3.05) is 6.61 Å². The second-order valence-electron chi connectivity index (χ2n) is 6.07. The third kappa shape index (κ3) is 2.86. The highest BCUT2D eigenvalue weighted by atomic mass is 16.5. The van der Waals surface area contributed by atoms with Gasteiger partial charge < -0.3 is 9.26 Å². The van der Waals surface area contributed by atoms with Gasteiger partial charge in [0.15, 0.2) is 0 Å². The van der Waals surface area contributed by atoms with E-state index in [4.69, 9.17) is 9.26 Å². The van der Waals surface area contributed by atoms with Crippen LogP contribution in [0.4, 0.5) is 0 Å². The summed E-state index contributed by atoms with van der Waals surface area (Å²) in [5.41, 5.74) is -0.158. The maximum atomic E-state index is 11.3. The highest BCUT2D eigenvalue weighted by molar-refractivity contribution is 5.89. The van der Waals surface area contributed by atoms with Gasteiger partial charge in [-0.15, -0.1) is 0 Å². The van der Waals surface area contributed by atoms with Crippen molar-refractivity contribution in [3.8, 4) is 0 Å². The lowest BCUT2D eigenvalue weighted by molar-refractivity contribution is -0.0957. The fourth-order valence-electron chi connectivity index (χ4n) is 2.59. The summed E-state index contributed by atoms with van der Waals surface area (Å²) in [5.74, 6) is 0.385. The Kier molecular flexibility index (Phi) is 3.76. The molecular formula is C14H22N2O3. The lowest BCUT2D eigenvalue weighted by Gasteiger charge is -2.41. The molecule has 1 aromatic heterocycles. The second-order valence-corrected chi connectivity index (χ2v) is 6.07. The summed E-state index contributed by atoms with van der Waals surface area (Å²) < 4.78 is 11.0. The highest BCUT2D eigenvalue weighted by Crippen LogP contribution is 2.46. The van der Waals surface area contributed by atoms with Crippen molar-refractivity contribution in [1.82, 2.24) is 10.1 Å². The zero-order valence-electron chi connectivity index (χ0n) is 12.2. The van der Waals surface area contributed by atoms with Gasteiger partial charge in [-0.1, -0.05) is 19.0 Å². The number of ketones is 1. The molecule has 19 heavy (non-hydrogen) atoms. The van der Waals surface area contributed by atoms with Crippen LogP contribution in [0, 0.1) is 5.41 Å². The van der Waals surface area contributed by atoms with Crippen LogP contribution in [-0.2, 0) is 10.3 Å². The number of aromatic nitrogens is 2. The summed E-state index contributed by atoms with van der Waals surface area (Å²) in [5, 5.41) is 3.97. The Labute approximate surface area is 113 Å². The maximum absolute atomic E-state index is 11.3. The quantitative estimate of drug-likeness (QED) is 0.783. The fraction of sp³-hybridized carbons (Fsp3) is 0.786. The Morgan fingerprint density at radius 3 is 2.42 bits per heavy atom. The first-order valence-corrected chi connectivity index (χ1v) is 6.88. The van der Waals surface area contributed by atoms with Crippen molar-refractivity contribution >= 4 is 5.78 Å². The molecule has 1 heterocycles. The summed E-state index contributed by atoms with van der Waals surface area (Å²) in [4.78, 5) is 15.5. The normalized spacial score (nSPS) is 21.3. The lowest BCUT2D eigenvalue weighted by Crippen LogP contribution is -2.38. The number of hydrogen-bond donors (Lipinski definition) is 0. The van der Waals surface area contributed by atoms with Crippen LogP contribution in [0.1, 0.15) is 69.9 Å². The van der Waals surface area contributed by atoms with Gasteiger partial charge in [0.05, 0.1) is 0 Å². The van der Waals surface area contributed by atoms with Gasteiger partial charge in [-0.25, -0.2) is 0 Å². The van der Waals surface area contributed by atoms with E-state index in [2.05, 4.69) is 24.0 Å². The average Bonchev–Trinajstić information content (AvgIpc) is 2.83. The topological polar surface area (TPSA) is 65.2 Å². The van der Waals surface area contributed by atoms with Crippen LogP contribution >= 0.6 is 0 Å². The van der Waals surface area contributed by atoms with Crippen molar-refractivity contribution in [2.45, 2.75) is 59.0 Å². The van der Waals surface area contributed by atoms with E-state index in [0.717, 1.165) is 25.7 Å². The van der Waals surface area contributed by atoms with Crippen molar-refractivity contribution in [2.24, 2.45) is 5.41 Å². The van der Waals surface area contributed by atoms with Gasteiger partial charge in [0.2, 0.25) is 11.6 Å². The van der Waals surface area contributed by atoms with E-state index in [9.17, 15) is 4.79 Å². The number of Topliss-reactive ketones (excluding diaryl/α,β-unsaturated/α-hetero) is 1. The predicted molar refractivity (Wildman–Crippen MR) is 69.9 cm³/mol. The molecule has 1 saturated carbocycles. The van der Waals surface area contributed by atoms with Gasteiger partial charge in [0, 0.05) is 13.5 Å². The van der Waals surface area contributed by atoms with Gasteiger partial charge >= 0.3 is 0 Å². The summed E-state index contributed by atoms with van der Waals surface area (Å²) >= 11 is 0. The van der Waals surface area contributed by atoms with Gasteiger partial charge in [-0.3, -0.25) is 4.79 Å². The van der Waals surface area contributed by atoms with E-state index in [0.29, 0.717) is 17.8 Å². The maximum Gasteiger partial charge on any atom is 0.293 e. The minimum absolute atomic E-state index is 0.0684. The largest absolute Gasteiger partial charge is 0.367 e. The van der Waals surface area contributed by atoms with Crippen molar-refractivity contribution in [3.63, 3.8) is 0 Å². The number of ether oxygens (including phenoxy) is 1. The monoisotopic (exact) mass is 266 g/mol. The van der Waals surface area contributed by atoms with E-state index >= 15 is 0 Å². The molecule has 0 bridgehead atoms. The average molecular weight is 266 g/mol. The van der Waals surface area contributed by atoms with Crippen molar-refractivity contribution < 1.29 is 14.1 Å². The van der Waals surface area contributed by atoms with Crippen molar-refractivity contribution in [3.05, 3.63) is 11.7 Å². The molecule has 5 nitrogen and oxygen atoms in total. The molecule has 1 aliphatic rings. The van der Waals surface area contributed by atoms with E-state index < -0.39 is 5.60 Å². The number of carbonyl (C=O) groups excluding carboxylic acids is 1. The molecule has 0 N–H and O–H groups in total. The van der Waals surface area contributed by atoms with Gasteiger partial charge in [0.1, 0.15) is 5.60 Å². The molecule has 0 aliphatic heterocycles. The highest BCUT2D eigenvalue weighted by Gasteiger charge is 2.44. The molecule has 0 aromatic carbocycles. The van der Waals surface area contributed by atoms with E-state index in [1.54, 1.807) is 0 Å². The number of rotatable bonds is 4. The van der Waals surface area contributed by atoms with E-state index in [-0.39, 0.29) is 11.7 Å². The Morgan fingerprint density at radius 1 is 1.32 bits per heavy atom. The molecule has 2 rings (SSSR count). The SMILES string of the molecule is CCOC1(c2noc(C(C)=O)n2)CCC(C)(C)CC1. The Hall–Kier alpha value is -1.23. The molecule has 0 radical (unpaired) electrons. The minimum atomic E-state index is -0.485. The molecule has 1 aromatic rings.